The first-order valence-electron chi connectivity index (χ1n) is 9.56. The molecule has 1 fully saturated rings. The number of rotatable bonds is 9. The van der Waals surface area contributed by atoms with Crippen LogP contribution in [-0.4, -0.2) is 49.2 Å². The van der Waals surface area contributed by atoms with Crippen LogP contribution in [0.1, 0.15) is 26.7 Å². The van der Waals surface area contributed by atoms with E-state index in [2.05, 4.69) is 17.2 Å². The maximum Gasteiger partial charge on any atom is 0.262 e. The van der Waals surface area contributed by atoms with Crippen molar-refractivity contribution in [3.05, 3.63) is 41.3 Å². The van der Waals surface area contributed by atoms with Gasteiger partial charge in [0.2, 0.25) is 0 Å². The fourth-order valence-corrected chi connectivity index (χ4v) is 3.00. The summed E-state index contributed by atoms with van der Waals surface area (Å²) in [5.74, 6) is -0.885. The topological polar surface area (TPSA) is 89.1 Å². The van der Waals surface area contributed by atoms with Crippen molar-refractivity contribution in [3.63, 3.8) is 0 Å². The minimum atomic E-state index is -0.704. The van der Waals surface area contributed by atoms with Crippen molar-refractivity contribution in [2.75, 3.05) is 20.2 Å². The van der Waals surface area contributed by atoms with Crippen molar-refractivity contribution in [3.8, 4) is 5.75 Å². The lowest BCUT2D eigenvalue weighted by Crippen LogP contribution is -2.50. The van der Waals surface area contributed by atoms with E-state index < -0.39 is 17.8 Å². The Morgan fingerprint density at radius 2 is 2.17 bits per heavy atom. The van der Waals surface area contributed by atoms with Crippen molar-refractivity contribution < 1.29 is 28.6 Å². The average Bonchev–Trinajstić information content (AvgIpc) is 2.68. The molecule has 0 bridgehead atoms. The fraction of sp³-hybridized carbons (Fsp3) is 0.500. The van der Waals surface area contributed by atoms with Crippen molar-refractivity contribution in [2.45, 2.75) is 38.8 Å². The summed E-state index contributed by atoms with van der Waals surface area (Å²) in [6.45, 7) is 7.80. The van der Waals surface area contributed by atoms with Gasteiger partial charge in [-0.3, -0.25) is 9.59 Å². The number of ether oxygens (including phenoxy) is 1. The van der Waals surface area contributed by atoms with Gasteiger partial charge in [0.15, 0.2) is 12.7 Å². The minimum Gasteiger partial charge on any atom is -0.484 e. The maximum absolute atomic E-state index is 13.4. The highest BCUT2D eigenvalue weighted by Gasteiger charge is 2.34. The summed E-state index contributed by atoms with van der Waals surface area (Å²) >= 11 is 5.59. The van der Waals surface area contributed by atoms with Gasteiger partial charge in [0.05, 0.1) is 5.02 Å². The molecule has 0 aromatic heterocycles. The van der Waals surface area contributed by atoms with Gasteiger partial charge in [-0.2, -0.15) is 5.06 Å². The molecule has 1 heterocycles. The Bertz CT molecular complexity index is 777. The third-order valence-corrected chi connectivity index (χ3v) is 4.87. The van der Waals surface area contributed by atoms with Gasteiger partial charge in [0.25, 0.3) is 11.8 Å². The lowest BCUT2D eigenvalue weighted by Gasteiger charge is -2.36. The molecule has 0 saturated carbocycles. The van der Waals surface area contributed by atoms with Gasteiger partial charge in [0.1, 0.15) is 11.6 Å². The molecule has 10 heteroatoms. The van der Waals surface area contributed by atoms with Gasteiger partial charge in [0, 0.05) is 44.2 Å². The second kappa shape index (κ2) is 11.3. The van der Waals surface area contributed by atoms with Crippen LogP contribution in [-0.2, 0) is 19.5 Å². The standard InChI is InChI=1S/C20H27ClFN3O5/c1-12(2)17-10-18(29-30-25(17)4)20(27)23-8-7-13(3)24-19(26)11-28-14-5-6-15(21)16(22)9-14/h5-6,9,12,17-18H,3,7-8,10-11H2,1-2,4H3,(H,23,27)(H,24,26). The summed E-state index contributed by atoms with van der Waals surface area (Å²) in [6, 6.07) is 3.96. The minimum absolute atomic E-state index is 0.0286. The lowest BCUT2D eigenvalue weighted by atomic mass is 9.97. The van der Waals surface area contributed by atoms with Gasteiger partial charge in [-0.15, -0.1) is 4.99 Å². The fourth-order valence-electron chi connectivity index (χ4n) is 2.89. The molecule has 1 saturated heterocycles. The second-order valence-corrected chi connectivity index (χ2v) is 7.72. The molecule has 1 aliphatic rings. The Kier molecular flexibility index (Phi) is 9.04. The van der Waals surface area contributed by atoms with E-state index in [1.165, 1.54) is 12.1 Å². The highest BCUT2D eigenvalue weighted by Crippen LogP contribution is 2.23. The number of nitrogens with zero attached hydrogens (tertiary/aromatic N) is 1. The Morgan fingerprint density at radius 3 is 2.83 bits per heavy atom. The monoisotopic (exact) mass is 443 g/mol. The van der Waals surface area contributed by atoms with Crippen LogP contribution >= 0.6 is 11.6 Å². The number of benzene rings is 1. The van der Waals surface area contributed by atoms with E-state index in [9.17, 15) is 14.0 Å². The number of hydrogen-bond donors (Lipinski definition) is 2. The van der Waals surface area contributed by atoms with Crippen molar-refractivity contribution >= 4 is 23.4 Å². The number of carbonyl (C=O) groups excluding carboxylic acids is 2. The molecule has 166 valence electrons. The zero-order chi connectivity index (χ0) is 22.3. The highest BCUT2D eigenvalue weighted by molar-refractivity contribution is 6.30. The van der Waals surface area contributed by atoms with Gasteiger partial charge in [-0.1, -0.05) is 32.0 Å². The predicted octanol–water partition coefficient (Wildman–Crippen LogP) is 2.59. The van der Waals surface area contributed by atoms with Gasteiger partial charge in [-0.25, -0.2) is 9.28 Å². The summed E-state index contributed by atoms with van der Waals surface area (Å²) in [4.78, 5) is 34.4. The lowest BCUT2D eigenvalue weighted by molar-refractivity contribution is -0.469. The molecule has 0 aliphatic carbocycles. The number of amides is 2. The molecule has 2 unspecified atom stereocenters. The van der Waals surface area contributed by atoms with Crippen molar-refractivity contribution in [1.29, 1.82) is 0 Å². The van der Waals surface area contributed by atoms with E-state index in [4.69, 9.17) is 26.2 Å². The Balaban J connectivity index is 1.67. The smallest absolute Gasteiger partial charge is 0.262 e. The quantitative estimate of drug-likeness (QED) is 0.570. The van der Waals surface area contributed by atoms with E-state index in [-0.39, 0.29) is 35.9 Å². The molecular weight excluding hydrogens is 417 g/mol. The van der Waals surface area contributed by atoms with Crippen LogP contribution in [0.3, 0.4) is 0 Å². The Hall–Kier alpha value is -2.20. The first-order chi connectivity index (χ1) is 14.2. The molecule has 8 nitrogen and oxygen atoms in total. The molecule has 2 N–H and O–H groups in total. The maximum atomic E-state index is 13.4. The highest BCUT2D eigenvalue weighted by atomic mass is 35.5. The summed E-state index contributed by atoms with van der Waals surface area (Å²) in [5, 5.41) is 6.88. The van der Waals surface area contributed by atoms with Crippen LogP contribution in [0.25, 0.3) is 0 Å². The zero-order valence-corrected chi connectivity index (χ0v) is 18.0. The predicted molar refractivity (Wildman–Crippen MR) is 109 cm³/mol. The van der Waals surface area contributed by atoms with Gasteiger partial charge in [-0.05, 0) is 18.1 Å². The first kappa shape index (κ1) is 24.1. The van der Waals surface area contributed by atoms with E-state index in [0.29, 0.717) is 24.5 Å². The van der Waals surface area contributed by atoms with Gasteiger partial charge < -0.3 is 15.4 Å². The molecule has 1 aliphatic heterocycles. The number of nitrogens with one attached hydrogen (secondary N) is 2. The molecule has 2 atom stereocenters. The Morgan fingerprint density at radius 1 is 1.43 bits per heavy atom. The number of carbonyl (C=O) groups is 2. The van der Waals surface area contributed by atoms with Crippen molar-refractivity contribution in [2.24, 2.45) is 5.92 Å². The number of hydroxylamine groups is 2. The summed E-state index contributed by atoms with van der Waals surface area (Å²) in [6.07, 6.45) is 0.138. The van der Waals surface area contributed by atoms with Crippen LogP contribution in [0.5, 0.6) is 5.75 Å². The van der Waals surface area contributed by atoms with E-state index in [0.717, 1.165) is 6.07 Å². The molecule has 0 radical (unpaired) electrons. The van der Waals surface area contributed by atoms with Crippen molar-refractivity contribution in [1.82, 2.24) is 15.7 Å². The molecular formula is C20H27ClFN3O5. The summed E-state index contributed by atoms with van der Waals surface area (Å²) in [5.41, 5.74) is 0.409. The van der Waals surface area contributed by atoms with Crippen LogP contribution < -0.4 is 15.4 Å². The zero-order valence-electron chi connectivity index (χ0n) is 17.2. The molecule has 0 spiro atoms. The van der Waals surface area contributed by atoms with Crippen LogP contribution in [0, 0.1) is 11.7 Å². The first-order valence-corrected chi connectivity index (χ1v) is 9.94. The van der Waals surface area contributed by atoms with Crippen LogP contribution in [0.15, 0.2) is 30.5 Å². The third-order valence-electron chi connectivity index (χ3n) is 4.56. The SMILES string of the molecule is C=C(CCNC(=O)C1CC(C(C)C)N(C)OO1)NC(=O)COc1ccc(Cl)c(F)c1. The molecule has 2 amide bonds. The molecule has 30 heavy (non-hydrogen) atoms. The average molecular weight is 444 g/mol. The van der Waals surface area contributed by atoms with E-state index in [1.807, 2.05) is 13.8 Å². The van der Waals surface area contributed by atoms with Crippen LogP contribution in [0.4, 0.5) is 4.39 Å². The second-order valence-electron chi connectivity index (χ2n) is 7.31. The van der Waals surface area contributed by atoms with E-state index >= 15 is 0 Å². The normalized spacial score (nSPS) is 19.4. The van der Waals surface area contributed by atoms with Crippen LogP contribution in [0.2, 0.25) is 5.02 Å². The molecule has 1 aromatic rings. The summed E-state index contributed by atoms with van der Waals surface area (Å²) in [7, 11) is 1.76. The largest absolute Gasteiger partial charge is 0.484 e. The number of hydrogen-bond acceptors (Lipinski definition) is 6. The third kappa shape index (κ3) is 7.24. The van der Waals surface area contributed by atoms with E-state index in [1.54, 1.807) is 12.1 Å². The van der Waals surface area contributed by atoms with Gasteiger partial charge >= 0.3 is 0 Å². The summed E-state index contributed by atoms with van der Waals surface area (Å²) < 4.78 is 18.6. The Labute approximate surface area is 180 Å². The number of halogens is 2. The molecule has 1 aromatic carbocycles. The molecule has 2 rings (SSSR count).